The van der Waals surface area contributed by atoms with Crippen LogP contribution in [0.15, 0.2) is 12.2 Å². The molecule has 0 aliphatic heterocycles. The maximum Gasteiger partial charge on any atom is -0.0152 e. The van der Waals surface area contributed by atoms with Crippen LogP contribution in [0.2, 0.25) is 0 Å². The van der Waals surface area contributed by atoms with E-state index in [0.29, 0.717) is 0 Å². The molecule has 0 N–H and O–H groups in total. The van der Waals surface area contributed by atoms with Crippen LogP contribution in [0, 0.1) is 23.7 Å². The molecule has 0 bridgehead atoms. The lowest BCUT2D eigenvalue weighted by molar-refractivity contribution is 0.263. The molecule has 0 heteroatoms. The molecule has 1 rings (SSSR count). The summed E-state index contributed by atoms with van der Waals surface area (Å²) in [5.74, 6) is 3.45. The fourth-order valence-corrected chi connectivity index (χ4v) is 2.46. The largest absolute Gasteiger partial charge is 0.0998 e. The summed E-state index contributed by atoms with van der Waals surface area (Å²) in [6.07, 6.45) is 4.19. The monoisotopic (exact) mass is 180 g/mol. The van der Waals surface area contributed by atoms with E-state index in [9.17, 15) is 0 Å². The average molecular weight is 180 g/mol. The lowest BCUT2D eigenvalue weighted by Crippen LogP contribution is -2.21. The second-order valence-corrected chi connectivity index (χ2v) is 4.95. The normalized spacial score (nSPS) is 23.7. The third-order valence-corrected chi connectivity index (χ3v) is 3.81. The molecule has 76 valence electrons. The van der Waals surface area contributed by atoms with E-state index in [-0.39, 0.29) is 0 Å². The first kappa shape index (κ1) is 10.8. The standard InChI is InChI=1S/C13H24/c1-6-10(4)11(5)13(9(2)3)12-7-8-12/h10-13H,2,6-8H2,1,3-5H3. The van der Waals surface area contributed by atoms with Crippen LogP contribution in [0.1, 0.15) is 47.0 Å². The third kappa shape index (κ3) is 2.59. The van der Waals surface area contributed by atoms with Gasteiger partial charge in [0, 0.05) is 0 Å². The highest BCUT2D eigenvalue weighted by atomic mass is 14.4. The van der Waals surface area contributed by atoms with E-state index in [2.05, 4.69) is 34.3 Å². The first-order valence-corrected chi connectivity index (χ1v) is 5.73. The molecule has 0 saturated heterocycles. The van der Waals surface area contributed by atoms with Gasteiger partial charge in [0.2, 0.25) is 0 Å². The highest BCUT2D eigenvalue weighted by Crippen LogP contribution is 2.45. The molecule has 1 saturated carbocycles. The van der Waals surface area contributed by atoms with Crippen molar-refractivity contribution >= 4 is 0 Å². The van der Waals surface area contributed by atoms with Crippen LogP contribution in [-0.2, 0) is 0 Å². The van der Waals surface area contributed by atoms with Crippen molar-refractivity contribution in [1.29, 1.82) is 0 Å². The molecule has 1 aliphatic carbocycles. The molecular formula is C13H24. The number of allylic oxidation sites excluding steroid dienone is 1. The van der Waals surface area contributed by atoms with Crippen LogP contribution in [0.25, 0.3) is 0 Å². The zero-order valence-corrected chi connectivity index (χ0v) is 9.64. The van der Waals surface area contributed by atoms with Crippen LogP contribution in [0.5, 0.6) is 0 Å². The Kier molecular flexibility index (Phi) is 3.58. The highest BCUT2D eigenvalue weighted by molar-refractivity contribution is 5.05. The molecule has 13 heavy (non-hydrogen) atoms. The highest BCUT2D eigenvalue weighted by Gasteiger charge is 2.36. The Bertz CT molecular complexity index is 176. The first-order valence-electron chi connectivity index (χ1n) is 5.73. The van der Waals surface area contributed by atoms with Gasteiger partial charge in [0.25, 0.3) is 0 Å². The Morgan fingerprint density at radius 1 is 1.38 bits per heavy atom. The molecule has 0 radical (unpaired) electrons. The van der Waals surface area contributed by atoms with Gasteiger partial charge < -0.3 is 0 Å². The smallest absolute Gasteiger partial charge is 0.0152 e. The first-order chi connectivity index (χ1) is 6.07. The molecule has 0 amide bonds. The number of rotatable bonds is 5. The van der Waals surface area contributed by atoms with Gasteiger partial charge in [0.15, 0.2) is 0 Å². The Balaban J connectivity index is 2.57. The molecule has 0 heterocycles. The van der Waals surface area contributed by atoms with E-state index >= 15 is 0 Å². The minimum absolute atomic E-state index is 0.801. The molecule has 3 atom stereocenters. The van der Waals surface area contributed by atoms with E-state index in [0.717, 1.165) is 23.7 Å². The predicted molar refractivity (Wildman–Crippen MR) is 59.6 cm³/mol. The SMILES string of the molecule is C=C(C)C(C1CC1)C(C)C(C)CC. The predicted octanol–water partition coefficient (Wildman–Crippen LogP) is 4.27. The number of hydrogen-bond donors (Lipinski definition) is 0. The van der Waals surface area contributed by atoms with E-state index in [4.69, 9.17) is 0 Å². The van der Waals surface area contributed by atoms with E-state index < -0.39 is 0 Å². The van der Waals surface area contributed by atoms with Crippen LogP contribution >= 0.6 is 0 Å². The molecule has 1 aliphatic rings. The van der Waals surface area contributed by atoms with Gasteiger partial charge in [-0.25, -0.2) is 0 Å². The summed E-state index contributed by atoms with van der Waals surface area (Å²) in [7, 11) is 0. The second-order valence-electron chi connectivity index (χ2n) is 4.95. The maximum atomic E-state index is 4.15. The fraction of sp³-hybridized carbons (Fsp3) is 0.846. The molecule has 0 spiro atoms. The minimum Gasteiger partial charge on any atom is -0.0998 e. The molecule has 0 nitrogen and oxygen atoms in total. The van der Waals surface area contributed by atoms with Crippen LogP contribution in [0.3, 0.4) is 0 Å². The zero-order chi connectivity index (χ0) is 10.0. The van der Waals surface area contributed by atoms with Crippen LogP contribution in [0.4, 0.5) is 0 Å². The Morgan fingerprint density at radius 2 is 1.92 bits per heavy atom. The van der Waals surface area contributed by atoms with Gasteiger partial charge in [0.1, 0.15) is 0 Å². The summed E-state index contributed by atoms with van der Waals surface area (Å²) < 4.78 is 0. The third-order valence-electron chi connectivity index (χ3n) is 3.81. The maximum absolute atomic E-state index is 4.15. The summed E-state index contributed by atoms with van der Waals surface area (Å²) in [5, 5.41) is 0. The topological polar surface area (TPSA) is 0 Å². The molecule has 1 fully saturated rings. The summed E-state index contributed by atoms with van der Waals surface area (Å²) in [6.45, 7) is 13.4. The summed E-state index contributed by atoms with van der Waals surface area (Å²) in [6, 6.07) is 0. The van der Waals surface area contributed by atoms with E-state index in [1.807, 2.05) is 0 Å². The van der Waals surface area contributed by atoms with Gasteiger partial charge in [-0.05, 0) is 43.4 Å². The zero-order valence-electron chi connectivity index (χ0n) is 9.64. The minimum atomic E-state index is 0.801. The van der Waals surface area contributed by atoms with Crippen LogP contribution in [-0.4, -0.2) is 0 Å². The van der Waals surface area contributed by atoms with E-state index in [1.165, 1.54) is 24.8 Å². The molecule has 0 aromatic carbocycles. The average Bonchev–Trinajstić information content (AvgIpc) is 2.86. The van der Waals surface area contributed by atoms with Crippen molar-refractivity contribution in [1.82, 2.24) is 0 Å². The Hall–Kier alpha value is -0.260. The van der Waals surface area contributed by atoms with Crippen molar-refractivity contribution in [3.63, 3.8) is 0 Å². The van der Waals surface area contributed by atoms with Gasteiger partial charge in [-0.1, -0.05) is 39.3 Å². The quantitative estimate of drug-likeness (QED) is 0.554. The summed E-state index contributed by atoms with van der Waals surface area (Å²) >= 11 is 0. The summed E-state index contributed by atoms with van der Waals surface area (Å²) in [4.78, 5) is 0. The van der Waals surface area contributed by atoms with Crippen molar-refractivity contribution < 1.29 is 0 Å². The molecule has 0 aromatic heterocycles. The van der Waals surface area contributed by atoms with Gasteiger partial charge in [-0.3, -0.25) is 0 Å². The molecule has 0 aromatic rings. The van der Waals surface area contributed by atoms with Crippen molar-refractivity contribution in [2.24, 2.45) is 23.7 Å². The fourth-order valence-electron chi connectivity index (χ4n) is 2.46. The lowest BCUT2D eigenvalue weighted by atomic mass is 9.77. The van der Waals surface area contributed by atoms with Gasteiger partial charge >= 0.3 is 0 Å². The van der Waals surface area contributed by atoms with Gasteiger partial charge in [-0.15, -0.1) is 0 Å². The summed E-state index contributed by atoms with van der Waals surface area (Å²) in [5.41, 5.74) is 1.41. The molecular weight excluding hydrogens is 156 g/mol. The van der Waals surface area contributed by atoms with Gasteiger partial charge in [-0.2, -0.15) is 0 Å². The van der Waals surface area contributed by atoms with Crippen molar-refractivity contribution in [3.05, 3.63) is 12.2 Å². The van der Waals surface area contributed by atoms with Crippen LogP contribution < -0.4 is 0 Å². The Morgan fingerprint density at radius 3 is 2.23 bits per heavy atom. The second kappa shape index (κ2) is 4.30. The van der Waals surface area contributed by atoms with E-state index in [1.54, 1.807) is 0 Å². The number of hydrogen-bond acceptors (Lipinski definition) is 0. The van der Waals surface area contributed by atoms with Crippen molar-refractivity contribution in [2.75, 3.05) is 0 Å². The van der Waals surface area contributed by atoms with Gasteiger partial charge in [0.05, 0.1) is 0 Å². The lowest BCUT2D eigenvalue weighted by Gasteiger charge is -2.29. The Labute approximate surface area is 83.4 Å². The van der Waals surface area contributed by atoms with Crippen molar-refractivity contribution in [3.8, 4) is 0 Å². The van der Waals surface area contributed by atoms with Crippen molar-refractivity contribution in [2.45, 2.75) is 47.0 Å². The molecule has 3 unspecified atom stereocenters.